The minimum Gasteiger partial charge on any atom is -0.361 e. The summed E-state index contributed by atoms with van der Waals surface area (Å²) in [5, 5.41) is 50.6. The number of hydrogen-bond donors (Lipinski definition) is 8. The first-order valence-electron chi connectivity index (χ1n) is 13.1. The fraction of sp³-hybridized carbons (Fsp3) is 0.346. The van der Waals surface area contributed by atoms with Gasteiger partial charge < -0.3 is 36.4 Å². The molecule has 226 valence electrons. The van der Waals surface area contributed by atoms with E-state index < -0.39 is 65.7 Å². The van der Waals surface area contributed by atoms with E-state index in [1.165, 1.54) is 9.80 Å². The van der Waals surface area contributed by atoms with E-state index >= 15 is 0 Å². The molecule has 0 aliphatic carbocycles. The standard InChI is InChI=1S/C26H26F3N9O5/c27-26(28,29)14-6-4-5-13(9-14)20(40)33-17-11-38-22(31)32-16(19-24(38,25(17,42)43)35-21(30)34-19)10-37-18(39)12-36(23(37)41)15-7-2-1-3-8-15/h1-9,16-17,19,42-43H,10-12H2,(H2,31,32)(H,33,40)(H3,30,34,35)/t16-,17?,19-,24-/m0/s1. The van der Waals surface area contributed by atoms with Gasteiger partial charge in [-0.15, -0.1) is 0 Å². The minimum absolute atomic E-state index is 0.232. The van der Waals surface area contributed by atoms with Gasteiger partial charge in [0.15, 0.2) is 17.6 Å². The number of benzene rings is 2. The summed E-state index contributed by atoms with van der Waals surface area (Å²) in [4.78, 5) is 42.5. The van der Waals surface area contributed by atoms with E-state index in [1.54, 1.807) is 30.3 Å². The molecule has 1 unspecified atom stereocenters. The zero-order valence-electron chi connectivity index (χ0n) is 22.1. The second kappa shape index (κ2) is 9.56. The van der Waals surface area contributed by atoms with E-state index in [0.29, 0.717) is 11.8 Å². The summed E-state index contributed by atoms with van der Waals surface area (Å²) in [5.74, 6) is -5.20. The van der Waals surface area contributed by atoms with Gasteiger partial charge in [0.05, 0.1) is 24.2 Å². The highest BCUT2D eigenvalue weighted by molar-refractivity contribution is 6.12. The molecule has 17 heteroatoms. The zero-order valence-corrected chi connectivity index (χ0v) is 22.1. The van der Waals surface area contributed by atoms with Gasteiger partial charge >= 0.3 is 12.2 Å². The lowest BCUT2D eigenvalue weighted by Crippen LogP contribution is -2.81. The Labute approximate surface area is 241 Å². The first kappa shape index (κ1) is 28.2. The van der Waals surface area contributed by atoms with Crippen LogP contribution in [0.5, 0.6) is 0 Å². The average Bonchev–Trinajstić information content (AvgIpc) is 3.54. The number of anilines is 1. The largest absolute Gasteiger partial charge is 0.416 e. The van der Waals surface area contributed by atoms with Crippen LogP contribution in [0, 0.1) is 10.8 Å². The third-order valence-corrected chi connectivity index (χ3v) is 8.16. The summed E-state index contributed by atoms with van der Waals surface area (Å²) in [5.41, 5.74) is -3.00. The quantitative estimate of drug-likeness (QED) is 0.163. The molecule has 4 aliphatic heterocycles. The molecule has 0 aromatic heterocycles. The number of amides is 4. The summed E-state index contributed by atoms with van der Waals surface area (Å²) in [7, 11) is 0. The topological polar surface area (TPSA) is 197 Å². The number of aliphatic hydroxyl groups is 2. The van der Waals surface area contributed by atoms with Gasteiger partial charge in [-0.05, 0) is 30.3 Å². The number of hydrogen-bond acceptors (Lipinski definition) is 7. The minimum atomic E-state index is -4.71. The van der Waals surface area contributed by atoms with Crippen LogP contribution < -0.4 is 26.2 Å². The number of guanidine groups is 2. The fourth-order valence-electron chi connectivity index (χ4n) is 6.14. The summed E-state index contributed by atoms with van der Waals surface area (Å²) < 4.78 is 39.6. The first-order chi connectivity index (χ1) is 20.2. The van der Waals surface area contributed by atoms with Crippen molar-refractivity contribution < 1.29 is 37.8 Å². The van der Waals surface area contributed by atoms with Crippen molar-refractivity contribution in [2.24, 2.45) is 0 Å². The van der Waals surface area contributed by atoms with Crippen LogP contribution in [0.4, 0.5) is 23.7 Å². The molecule has 4 saturated heterocycles. The Balaban J connectivity index is 1.26. The molecule has 8 N–H and O–H groups in total. The van der Waals surface area contributed by atoms with E-state index in [4.69, 9.17) is 10.8 Å². The van der Waals surface area contributed by atoms with Crippen LogP contribution in [0.1, 0.15) is 15.9 Å². The normalized spacial score (nSPS) is 27.8. The summed E-state index contributed by atoms with van der Waals surface area (Å²) in [6, 6.07) is 7.77. The van der Waals surface area contributed by atoms with E-state index in [9.17, 15) is 37.8 Å². The third-order valence-electron chi connectivity index (χ3n) is 8.16. The van der Waals surface area contributed by atoms with Gasteiger partial charge in [-0.2, -0.15) is 13.2 Å². The number of carbonyl (C=O) groups excluding carboxylic acids is 3. The van der Waals surface area contributed by atoms with E-state index in [0.717, 1.165) is 23.1 Å². The van der Waals surface area contributed by atoms with Crippen molar-refractivity contribution in [3.05, 3.63) is 65.7 Å². The highest BCUT2D eigenvalue weighted by atomic mass is 19.4. The zero-order chi connectivity index (χ0) is 30.9. The maximum absolute atomic E-state index is 13.2. The second-order valence-electron chi connectivity index (χ2n) is 10.6. The number of carbonyl (C=O) groups is 3. The number of urea groups is 1. The van der Waals surface area contributed by atoms with Crippen LogP contribution in [0.2, 0.25) is 0 Å². The molecule has 1 spiro atoms. The molecule has 2 aromatic rings. The number of nitrogens with zero attached hydrogens (tertiary/aromatic N) is 3. The second-order valence-corrected chi connectivity index (χ2v) is 10.6. The number of imide groups is 1. The van der Waals surface area contributed by atoms with E-state index in [2.05, 4.69) is 21.3 Å². The maximum atomic E-state index is 13.2. The van der Waals surface area contributed by atoms with E-state index in [1.807, 2.05) is 0 Å². The van der Waals surface area contributed by atoms with Gasteiger partial charge in [0.2, 0.25) is 5.79 Å². The molecular weight excluding hydrogens is 575 g/mol. The Morgan fingerprint density at radius 3 is 2.49 bits per heavy atom. The van der Waals surface area contributed by atoms with E-state index in [-0.39, 0.29) is 30.6 Å². The van der Waals surface area contributed by atoms with Gasteiger partial charge in [-0.25, -0.2) is 4.79 Å². The van der Waals surface area contributed by atoms with Crippen molar-refractivity contribution in [1.29, 1.82) is 10.8 Å². The molecular formula is C26H26F3N9O5. The SMILES string of the molecule is N=C1N[C@H]2[C@H](CN3C(=O)CN(c4ccccc4)C3=O)NC(=N)N3CC(NC(=O)c4cccc(C(F)(F)F)c4)C(O)(O)[C@]23N1. The Morgan fingerprint density at radius 2 is 1.79 bits per heavy atom. The monoisotopic (exact) mass is 601 g/mol. The Hall–Kier alpha value is -4.90. The van der Waals surface area contributed by atoms with Crippen molar-refractivity contribution in [1.82, 2.24) is 31.1 Å². The summed E-state index contributed by atoms with van der Waals surface area (Å²) in [6.07, 6.45) is -4.71. The predicted molar refractivity (Wildman–Crippen MR) is 143 cm³/mol. The number of rotatable bonds is 5. The summed E-state index contributed by atoms with van der Waals surface area (Å²) in [6.45, 7) is -0.939. The van der Waals surface area contributed by atoms with Crippen LogP contribution in [0.15, 0.2) is 54.6 Å². The number of para-hydroxylation sites is 1. The van der Waals surface area contributed by atoms with Gasteiger partial charge in [0, 0.05) is 17.8 Å². The molecule has 0 radical (unpaired) electrons. The molecule has 4 amide bonds. The lowest BCUT2D eigenvalue weighted by atomic mass is 9.84. The van der Waals surface area contributed by atoms with Gasteiger partial charge in [-0.3, -0.25) is 30.2 Å². The third kappa shape index (κ3) is 4.30. The molecule has 4 heterocycles. The number of nitrogens with one attached hydrogen (secondary N) is 6. The van der Waals surface area contributed by atoms with Crippen molar-refractivity contribution in [3.63, 3.8) is 0 Å². The molecule has 43 heavy (non-hydrogen) atoms. The average molecular weight is 602 g/mol. The molecule has 6 rings (SSSR count). The highest BCUT2D eigenvalue weighted by Crippen LogP contribution is 2.43. The Morgan fingerprint density at radius 1 is 1.07 bits per heavy atom. The van der Waals surface area contributed by atoms with Gasteiger partial charge in [0.25, 0.3) is 11.8 Å². The smallest absolute Gasteiger partial charge is 0.361 e. The molecule has 4 fully saturated rings. The number of halogens is 3. The van der Waals surface area contributed by atoms with Crippen LogP contribution in [0.3, 0.4) is 0 Å². The summed E-state index contributed by atoms with van der Waals surface area (Å²) >= 11 is 0. The Bertz CT molecular complexity index is 1540. The lowest BCUT2D eigenvalue weighted by Gasteiger charge is -2.51. The van der Waals surface area contributed by atoms with Crippen molar-refractivity contribution >= 4 is 35.5 Å². The first-order valence-corrected chi connectivity index (χ1v) is 13.1. The molecule has 2 aromatic carbocycles. The predicted octanol–water partition coefficient (Wildman–Crippen LogP) is -0.632. The fourth-order valence-corrected chi connectivity index (χ4v) is 6.14. The molecule has 4 aliphatic rings. The van der Waals surface area contributed by atoms with Crippen LogP contribution in [0.25, 0.3) is 0 Å². The number of alkyl halides is 3. The molecule has 14 nitrogen and oxygen atoms in total. The van der Waals surface area contributed by atoms with Crippen LogP contribution in [-0.2, 0) is 11.0 Å². The van der Waals surface area contributed by atoms with Gasteiger partial charge in [0.1, 0.15) is 12.6 Å². The van der Waals surface area contributed by atoms with Crippen LogP contribution >= 0.6 is 0 Å². The van der Waals surface area contributed by atoms with Crippen molar-refractivity contribution in [3.8, 4) is 0 Å². The maximum Gasteiger partial charge on any atom is 0.416 e. The van der Waals surface area contributed by atoms with Crippen molar-refractivity contribution in [2.45, 2.75) is 35.8 Å². The molecule has 4 atom stereocenters. The van der Waals surface area contributed by atoms with Crippen LogP contribution in [-0.4, -0.2) is 99.0 Å². The van der Waals surface area contributed by atoms with Crippen molar-refractivity contribution in [2.75, 3.05) is 24.5 Å². The van der Waals surface area contributed by atoms with Gasteiger partial charge in [-0.1, -0.05) is 24.3 Å². The lowest BCUT2D eigenvalue weighted by molar-refractivity contribution is -0.232. The molecule has 0 saturated carbocycles. The molecule has 0 bridgehead atoms. The Kier molecular flexibility index (Phi) is 6.28. The highest BCUT2D eigenvalue weighted by Gasteiger charge is 2.74.